The van der Waals surface area contributed by atoms with E-state index in [9.17, 15) is 0 Å². The molecule has 0 N–H and O–H groups in total. The standard InChI is InChI=1S/C15H22N4/c1-15(2,3)11-19-10-14(16-17-19)12-6-8-13(9-7-12)18(4)5/h6-10H,11H2,1-5H3. The van der Waals surface area contributed by atoms with Gasteiger partial charge in [0.15, 0.2) is 0 Å². The number of benzene rings is 1. The molecule has 0 unspecified atom stereocenters. The molecule has 0 aliphatic heterocycles. The Hall–Kier alpha value is -1.84. The monoisotopic (exact) mass is 258 g/mol. The second kappa shape index (κ2) is 5.03. The van der Waals surface area contributed by atoms with E-state index in [1.807, 2.05) is 25.0 Å². The van der Waals surface area contributed by atoms with Crippen molar-refractivity contribution in [2.45, 2.75) is 27.3 Å². The summed E-state index contributed by atoms with van der Waals surface area (Å²) in [6.45, 7) is 7.45. The highest BCUT2D eigenvalue weighted by Gasteiger charge is 2.13. The van der Waals surface area contributed by atoms with Crippen LogP contribution in [0.1, 0.15) is 20.8 Å². The van der Waals surface area contributed by atoms with E-state index in [4.69, 9.17) is 0 Å². The van der Waals surface area contributed by atoms with Crippen molar-refractivity contribution in [1.29, 1.82) is 0 Å². The maximum Gasteiger partial charge on any atom is 0.113 e. The van der Waals surface area contributed by atoms with Crippen LogP contribution in [0.3, 0.4) is 0 Å². The molecule has 0 spiro atoms. The molecule has 1 aromatic heterocycles. The minimum absolute atomic E-state index is 0.208. The molecule has 0 saturated carbocycles. The first kappa shape index (κ1) is 13.6. The highest BCUT2D eigenvalue weighted by atomic mass is 15.4. The van der Waals surface area contributed by atoms with Crippen LogP contribution in [0, 0.1) is 5.41 Å². The van der Waals surface area contributed by atoms with Gasteiger partial charge in [-0.25, -0.2) is 0 Å². The fourth-order valence-electron chi connectivity index (χ4n) is 1.92. The molecule has 0 bridgehead atoms. The molecule has 0 fully saturated rings. The third kappa shape index (κ3) is 3.56. The first-order chi connectivity index (χ1) is 8.85. The molecule has 0 aliphatic carbocycles. The Morgan fingerprint density at radius 3 is 2.26 bits per heavy atom. The predicted molar refractivity (Wildman–Crippen MR) is 79.2 cm³/mol. The van der Waals surface area contributed by atoms with Crippen molar-refractivity contribution in [1.82, 2.24) is 15.0 Å². The van der Waals surface area contributed by atoms with Crippen LogP contribution in [0.2, 0.25) is 0 Å². The SMILES string of the molecule is CN(C)c1ccc(-c2cn(CC(C)(C)C)nn2)cc1. The third-order valence-corrected chi connectivity index (χ3v) is 2.85. The molecule has 19 heavy (non-hydrogen) atoms. The fraction of sp³-hybridized carbons (Fsp3) is 0.467. The lowest BCUT2D eigenvalue weighted by atomic mass is 9.97. The Labute approximate surface area is 115 Å². The van der Waals surface area contributed by atoms with Crippen LogP contribution in [0.25, 0.3) is 11.3 Å². The number of hydrogen-bond acceptors (Lipinski definition) is 3. The molecular formula is C15H22N4. The van der Waals surface area contributed by atoms with E-state index in [2.05, 4.69) is 60.2 Å². The lowest BCUT2D eigenvalue weighted by Gasteiger charge is -2.16. The molecular weight excluding hydrogens is 236 g/mol. The molecule has 0 saturated heterocycles. The first-order valence-corrected chi connectivity index (χ1v) is 6.53. The minimum atomic E-state index is 0.208. The average molecular weight is 258 g/mol. The topological polar surface area (TPSA) is 34.0 Å². The quantitative estimate of drug-likeness (QED) is 0.848. The molecule has 0 radical (unpaired) electrons. The summed E-state index contributed by atoms with van der Waals surface area (Å²) in [7, 11) is 4.07. The van der Waals surface area contributed by atoms with Gasteiger partial charge in [-0.2, -0.15) is 0 Å². The number of hydrogen-bond donors (Lipinski definition) is 0. The van der Waals surface area contributed by atoms with Gasteiger partial charge in [-0.15, -0.1) is 5.10 Å². The molecule has 2 aromatic rings. The molecule has 2 rings (SSSR count). The first-order valence-electron chi connectivity index (χ1n) is 6.53. The van der Waals surface area contributed by atoms with Crippen molar-refractivity contribution in [3.63, 3.8) is 0 Å². The Morgan fingerprint density at radius 1 is 1.11 bits per heavy atom. The molecule has 4 nitrogen and oxygen atoms in total. The number of nitrogens with zero attached hydrogens (tertiary/aromatic N) is 4. The average Bonchev–Trinajstić information content (AvgIpc) is 2.75. The van der Waals surface area contributed by atoms with Crippen molar-refractivity contribution in [2.75, 3.05) is 19.0 Å². The van der Waals surface area contributed by atoms with Crippen LogP contribution in [0.5, 0.6) is 0 Å². The maximum atomic E-state index is 4.24. The highest BCUT2D eigenvalue weighted by Crippen LogP contribution is 2.21. The lowest BCUT2D eigenvalue weighted by Crippen LogP contribution is -2.15. The summed E-state index contributed by atoms with van der Waals surface area (Å²) >= 11 is 0. The molecule has 4 heteroatoms. The van der Waals surface area contributed by atoms with Crippen LogP contribution in [0.15, 0.2) is 30.5 Å². The second-order valence-corrected chi connectivity index (χ2v) is 6.30. The summed E-state index contributed by atoms with van der Waals surface area (Å²) in [6.07, 6.45) is 2.01. The Kier molecular flexibility index (Phi) is 3.60. The van der Waals surface area contributed by atoms with Gasteiger partial charge in [0.2, 0.25) is 0 Å². The number of anilines is 1. The summed E-state index contributed by atoms with van der Waals surface area (Å²) < 4.78 is 1.91. The van der Waals surface area contributed by atoms with Crippen LogP contribution < -0.4 is 4.90 Å². The van der Waals surface area contributed by atoms with E-state index in [-0.39, 0.29) is 5.41 Å². The Bertz CT molecular complexity index is 532. The lowest BCUT2D eigenvalue weighted by molar-refractivity contribution is 0.321. The summed E-state index contributed by atoms with van der Waals surface area (Å²) in [6, 6.07) is 8.36. The van der Waals surface area contributed by atoms with Gasteiger partial charge in [-0.3, -0.25) is 4.68 Å². The van der Waals surface area contributed by atoms with Crippen LogP contribution in [0.4, 0.5) is 5.69 Å². The second-order valence-electron chi connectivity index (χ2n) is 6.30. The summed E-state index contributed by atoms with van der Waals surface area (Å²) in [5.41, 5.74) is 3.42. The fourth-order valence-corrected chi connectivity index (χ4v) is 1.92. The van der Waals surface area contributed by atoms with E-state index < -0.39 is 0 Å². The molecule has 0 amide bonds. The van der Waals surface area contributed by atoms with Crippen LogP contribution >= 0.6 is 0 Å². The van der Waals surface area contributed by atoms with Gasteiger partial charge in [-0.1, -0.05) is 38.1 Å². The van der Waals surface area contributed by atoms with Crippen molar-refractivity contribution in [2.24, 2.45) is 5.41 Å². The smallest absolute Gasteiger partial charge is 0.113 e. The normalized spacial score (nSPS) is 11.6. The molecule has 1 aromatic carbocycles. The van der Waals surface area contributed by atoms with E-state index >= 15 is 0 Å². The Morgan fingerprint density at radius 2 is 1.74 bits per heavy atom. The van der Waals surface area contributed by atoms with Gasteiger partial charge in [-0.05, 0) is 17.5 Å². The zero-order valence-electron chi connectivity index (χ0n) is 12.4. The zero-order valence-corrected chi connectivity index (χ0v) is 12.4. The Balaban J connectivity index is 2.18. The minimum Gasteiger partial charge on any atom is -0.378 e. The van der Waals surface area contributed by atoms with Crippen molar-refractivity contribution in [3.8, 4) is 11.3 Å². The van der Waals surface area contributed by atoms with E-state index in [1.54, 1.807) is 0 Å². The molecule has 102 valence electrons. The molecule has 0 atom stereocenters. The van der Waals surface area contributed by atoms with E-state index in [1.165, 1.54) is 5.69 Å². The summed E-state index contributed by atoms with van der Waals surface area (Å²) in [5, 5.41) is 8.44. The van der Waals surface area contributed by atoms with E-state index in [0.29, 0.717) is 0 Å². The number of rotatable bonds is 3. The largest absolute Gasteiger partial charge is 0.378 e. The van der Waals surface area contributed by atoms with E-state index in [0.717, 1.165) is 17.8 Å². The molecule has 1 heterocycles. The zero-order chi connectivity index (χ0) is 14.0. The van der Waals surface area contributed by atoms with Crippen molar-refractivity contribution in [3.05, 3.63) is 30.5 Å². The third-order valence-electron chi connectivity index (χ3n) is 2.85. The van der Waals surface area contributed by atoms with Gasteiger partial charge in [0.05, 0.1) is 6.20 Å². The number of aromatic nitrogens is 3. The van der Waals surface area contributed by atoms with Gasteiger partial charge >= 0.3 is 0 Å². The van der Waals surface area contributed by atoms with Crippen molar-refractivity contribution < 1.29 is 0 Å². The van der Waals surface area contributed by atoms with Crippen molar-refractivity contribution >= 4 is 5.69 Å². The summed E-state index contributed by atoms with van der Waals surface area (Å²) in [5.74, 6) is 0. The van der Waals surface area contributed by atoms with Gasteiger partial charge < -0.3 is 4.90 Å². The maximum absolute atomic E-state index is 4.24. The highest BCUT2D eigenvalue weighted by molar-refractivity contribution is 5.61. The molecule has 0 aliphatic rings. The van der Waals surface area contributed by atoms with Gasteiger partial charge in [0.1, 0.15) is 5.69 Å². The van der Waals surface area contributed by atoms with Crippen LogP contribution in [-0.2, 0) is 6.54 Å². The van der Waals surface area contributed by atoms with Gasteiger partial charge in [0, 0.05) is 31.9 Å². The van der Waals surface area contributed by atoms with Gasteiger partial charge in [0.25, 0.3) is 0 Å². The predicted octanol–water partition coefficient (Wildman–Crippen LogP) is 3.06. The summed E-state index contributed by atoms with van der Waals surface area (Å²) in [4.78, 5) is 2.08. The van der Waals surface area contributed by atoms with Crippen LogP contribution in [-0.4, -0.2) is 29.1 Å².